The lowest BCUT2D eigenvalue weighted by atomic mass is 9.89. The SMILES string of the molecule is Cc1ccc(C)c2c1C=C(OB(O)O)CC2. The van der Waals surface area contributed by atoms with Gasteiger partial charge in [0.1, 0.15) is 0 Å². The molecule has 0 aliphatic heterocycles. The van der Waals surface area contributed by atoms with Gasteiger partial charge in [0.2, 0.25) is 0 Å². The van der Waals surface area contributed by atoms with E-state index in [-0.39, 0.29) is 0 Å². The van der Waals surface area contributed by atoms with Gasteiger partial charge in [0.05, 0.1) is 5.76 Å². The summed E-state index contributed by atoms with van der Waals surface area (Å²) in [4.78, 5) is 0. The van der Waals surface area contributed by atoms with Crippen LogP contribution < -0.4 is 0 Å². The highest BCUT2D eigenvalue weighted by Gasteiger charge is 2.19. The standard InChI is InChI=1S/C12H15BO3/c1-8-3-4-9(2)12-7-10(16-13(14)15)5-6-11(8)12/h3-4,7,14-15H,5-6H2,1-2H3. The second-order valence-electron chi connectivity index (χ2n) is 4.15. The van der Waals surface area contributed by atoms with Crippen LogP contribution in [0.15, 0.2) is 17.9 Å². The summed E-state index contributed by atoms with van der Waals surface area (Å²) in [6.45, 7) is 4.14. The van der Waals surface area contributed by atoms with Gasteiger partial charge in [0.25, 0.3) is 0 Å². The van der Waals surface area contributed by atoms with Crippen LogP contribution in [0.4, 0.5) is 0 Å². The number of fused-ring (bicyclic) bond motifs is 1. The summed E-state index contributed by atoms with van der Waals surface area (Å²) >= 11 is 0. The van der Waals surface area contributed by atoms with Crippen molar-refractivity contribution in [2.75, 3.05) is 0 Å². The van der Waals surface area contributed by atoms with Crippen molar-refractivity contribution < 1.29 is 14.7 Å². The molecule has 0 aromatic heterocycles. The molecular formula is C12H15BO3. The van der Waals surface area contributed by atoms with Gasteiger partial charge in [-0.25, -0.2) is 0 Å². The Hall–Kier alpha value is -1.26. The molecule has 0 spiro atoms. The van der Waals surface area contributed by atoms with E-state index in [1.54, 1.807) is 0 Å². The van der Waals surface area contributed by atoms with Crippen LogP contribution in [-0.4, -0.2) is 17.4 Å². The van der Waals surface area contributed by atoms with E-state index in [1.165, 1.54) is 16.7 Å². The monoisotopic (exact) mass is 218 g/mol. The third kappa shape index (κ3) is 2.13. The Morgan fingerprint density at radius 2 is 1.81 bits per heavy atom. The highest BCUT2D eigenvalue weighted by atomic mass is 16.6. The van der Waals surface area contributed by atoms with Crippen molar-refractivity contribution in [3.8, 4) is 0 Å². The van der Waals surface area contributed by atoms with Gasteiger partial charge in [0, 0.05) is 6.42 Å². The zero-order valence-electron chi connectivity index (χ0n) is 9.53. The zero-order chi connectivity index (χ0) is 11.7. The predicted octanol–water partition coefficient (Wildman–Crippen LogP) is 1.58. The first-order chi connectivity index (χ1) is 7.58. The maximum absolute atomic E-state index is 8.77. The first-order valence-electron chi connectivity index (χ1n) is 5.40. The van der Waals surface area contributed by atoms with E-state index in [4.69, 9.17) is 14.7 Å². The largest absolute Gasteiger partial charge is 0.707 e. The molecule has 3 nitrogen and oxygen atoms in total. The minimum absolute atomic E-state index is 0.635. The molecule has 0 amide bonds. The van der Waals surface area contributed by atoms with Crippen LogP contribution in [0, 0.1) is 13.8 Å². The fourth-order valence-corrected chi connectivity index (χ4v) is 2.13. The van der Waals surface area contributed by atoms with E-state index in [9.17, 15) is 0 Å². The fraction of sp³-hybridized carbons (Fsp3) is 0.333. The van der Waals surface area contributed by atoms with E-state index >= 15 is 0 Å². The highest BCUT2D eigenvalue weighted by Crippen LogP contribution is 2.29. The second-order valence-corrected chi connectivity index (χ2v) is 4.15. The van der Waals surface area contributed by atoms with Gasteiger partial charge in [-0.15, -0.1) is 0 Å². The Kier molecular flexibility index (Phi) is 3.03. The molecule has 1 aromatic rings. The van der Waals surface area contributed by atoms with Gasteiger partial charge in [-0.3, -0.25) is 0 Å². The van der Waals surface area contributed by atoms with Crippen molar-refractivity contribution in [3.63, 3.8) is 0 Å². The van der Waals surface area contributed by atoms with Gasteiger partial charge in [0.15, 0.2) is 0 Å². The zero-order valence-corrected chi connectivity index (χ0v) is 9.53. The van der Waals surface area contributed by atoms with Crippen molar-refractivity contribution in [3.05, 3.63) is 40.1 Å². The lowest BCUT2D eigenvalue weighted by molar-refractivity contribution is 0.232. The lowest BCUT2D eigenvalue weighted by Crippen LogP contribution is -2.18. The summed E-state index contributed by atoms with van der Waals surface area (Å²) in [6.07, 6.45) is 3.51. The maximum Gasteiger partial charge on any atom is 0.707 e. The molecule has 0 unspecified atom stereocenters. The molecule has 0 atom stereocenters. The molecule has 16 heavy (non-hydrogen) atoms. The highest BCUT2D eigenvalue weighted by molar-refractivity contribution is 6.33. The summed E-state index contributed by atoms with van der Waals surface area (Å²) in [6, 6.07) is 4.19. The number of allylic oxidation sites excluding steroid dienone is 1. The third-order valence-corrected chi connectivity index (χ3v) is 2.99. The summed E-state index contributed by atoms with van der Waals surface area (Å²) in [5, 5.41) is 17.5. The van der Waals surface area contributed by atoms with E-state index in [2.05, 4.69) is 19.1 Å². The Labute approximate surface area is 95.6 Å². The van der Waals surface area contributed by atoms with Gasteiger partial charge >= 0.3 is 7.32 Å². The molecule has 0 fully saturated rings. The van der Waals surface area contributed by atoms with Gasteiger partial charge in [-0.2, -0.15) is 0 Å². The van der Waals surface area contributed by atoms with E-state index in [0.29, 0.717) is 5.76 Å². The van der Waals surface area contributed by atoms with E-state index < -0.39 is 7.32 Å². The van der Waals surface area contributed by atoms with Crippen molar-refractivity contribution in [2.24, 2.45) is 0 Å². The van der Waals surface area contributed by atoms with Crippen molar-refractivity contribution >= 4 is 13.4 Å². The van der Waals surface area contributed by atoms with Crippen LogP contribution in [-0.2, 0) is 11.1 Å². The fourth-order valence-electron chi connectivity index (χ4n) is 2.13. The second kappa shape index (κ2) is 4.32. The van der Waals surface area contributed by atoms with Crippen LogP contribution in [0.2, 0.25) is 0 Å². The minimum atomic E-state index is -1.72. The van der Waals surface area contributed by atoms with Crippen LogP contribution in [0.5, 0.6) is 0 Å². The van der Waals surface area contributed by atoms with Crippen LogP contribution in [0.25, 0.3) is 6.08 Å². The summed E-state index contributed by atoms with van der Waals surface area (Å²) in [7, 11) is -1.72. The van der Waals surface area contributed by atoms with Crippen molar-refractivity contribution in [2.45, 2.75) is 26.7 Å². The lowest BCUT2D eigenvalue weighted by Gasteiger charge is -2.20. The molecule has 2 N–H and O–H groups in total. The van der Waals surface area contributed by atoms with Gasteiger partial charge in [-0.05, 0) is 48.6 Å². The predicted molar refractivity (Wildman–Crippen MR) is 63.5 cm³/mol. The molecule has 1 aliphatic rings. The average molecular weight is 218 g/mol. The van der Waals surface area contributed by atoms with Crippen molar-refractivity contribution in [1.82, 2.24) is 0 Å². The molecule has 0 heterocycles. The third-order valence-electron chi connectivity index (χ3n) is 2.99. The average Bonchev–Trinajstić information content (AvgIpc) is 2.23. The Bertz CT molecular complexity index is 438. The minimum Gasteiger partial charge on any atom is -0.516 e. The summed E-state index contributed by atoms with van der Waals surface area (Å²) in [5.74, 6) is 0.635. The van der Waals surface area contributed by atoms with Crippen LogP contribution >= 0.6 is 0 Å². The molecule has 1 aromatic carbocycles. The number of benzene rings is 1. The van der Waals surface area contributed by atoms with Crippen molar-refractivity contribution in [1.29, 1.82) is 0 Å². The first-order valence-corrected chi connectivity index (χ1v) is 5.40. The molecule has 2 rings (SSSR count). The molecule has 4 heteroatoms. The summed E-state index contributed by atoms with van der Waals surface area (Å²) < 4.78 is 4.92. The summed E-state index contributed by atoms with van der Waals surface area (Å²) in [5.41, 5.74) is 4.95. The number of hydrogen-bond donors (Lipinski definition) is 2. The molecule has 84 valence electrons. The molecular weight excluding hydrogens is 203 g/mol. The first kappa shape index (κ1) is 11.2. The number of hydrogen-bond acceptors (Lipinski definition) is 3. The molecule has 0 radical (unpaired) electrons. The number of rotatable bonds is 2. The topological polar surface area (TPSA) is 49.7 Å². The van der Waals surface area contributed by atoms with Crippen LogP contribution in [0.3, 0.4) is 0 Å². The number of aryl methyl sites for hydroxylation is 2. The molecule has 1 aliphatic carbocycles. The van der Waals surface area contributed by atoms with E-state index in [1.807, 2.05) is 13.0 Å². The quantitative estimate of drug-likeness (QED) is 0.741. The van der Waals surface area contributed by atoms with Gasteiger partial charge < -0.3 is 14.7 Å². The van der Waals surface area contributed by atoms with E-state index in [0.717, 1.165) is 18.4 Å². The van der Waals surface area contributed by atoms with Gasteiger partial charge in [-0.1, -0.05) is 12.1 Å². The maximum atomic E-state index is 8.77. The normalized spacial score (nSPS) is 14.1. The molecule has 0 bridgehead atoms. The Morgan fingerprint density at radius 1 is 1.12 bits per heavy atom. The molecule has 0 saturated heterocycles. The molecule has 0 saturated carbocycles. The Balaban J connectivity index is 2.39. The smallest absolute Gasteiger partial charge is 0.516 e. The van der Waals surface area contributed by atoms with Crippen LogP contribution in [0.1, 0.15) is 28.7 Å². The Morgan fingerprint density at radius 3 is 2.50 bits per heavy atom.